The molecule has 0 spiro atoms. The highest BCUT2D eigenvalue weighted by Gasteiger charge is 2.33. The molecule has 0 saturated carbocycles. The molecule has 4 heterocycles. The average Bonchev–Trinajstić information content (AvgIpc) is 3.48. The summed E-state index contributed by atoms with van der Waals surface area (Å²) in [6.45, 7) is 6.62. The van der Waals surface area contributed by atoms with Crippen molar-refractivity contribution in [3.63, 3.8) is 0 Å². The van der Waals surface area contributed by atoms with Gasteiger partial charge in [-0.05, 0) is 37.6 Å². The zero-order chi connectivity index (χ0) is 26.1. The SMILES string of the molecule is CCOC(=O)C1=C(C)N=c2s/c(=C\c3ccc(N4CCOCC4)o3)c(=O)n2[C@@H]1c1ccc(N(C)C)cc1. The summed E-state index contributed by atoms with van der Waals surface area (Å²) in [7, 11) is 3.93. The maximum absolute atomic E-state index is 13.7. The quantitative estimate of drug-likeness (QED) is 0.459. The van der Waals surface area contributed by atoms with Gasteiger partial charge in [-0.3, -0.25) is 9.36 Å². The molecule has 10 heteroatoms. The molecule has 0 aliphatic carbocycles. The second-order valence-corrected chi connectivity index (χ2v) is 10.1. The van der Waals surface area contributed by atoms with Gasteiger partial charge < -0.3 is 23.7 Å². The number of ether oxygens (including phenoxy) is 2. The standard InChI is InChI=1S/C27H30N4O5S/c1-5-35-26(33)23-17(2)28-27-31(24(23)18-6-8-19(9-7-18)29(3)4)25(32)21(37-27)16-20-10-11-22(36-20)30-12-14-34-15-13-30/h6-11,16,24H,5,12-15H2,1-4H3/b21-16-/t24-/m1/s1. The van der Waals surface area contributed by atoms with Gasteiger partial charge in [0.15, 0.2) is 10.7 Å². The van der Waals surface area contributed by atoms with Crippen LogP contribution in [-0.2, 0) is 14.3 Å². The number of rotatable bonds is 6. The van der Waals surface area contributed by atoms with Gasteiger partial charge in [-0.1, -0.05) is 23.5 Å². The lowest BCUT2D eigenvalue weighted by molar-refractivity contribution is -0.139. The fraction of sp³-hybridized carbons (Fsp3) is 0.370. The molecule has 2 aliphatic heterocycles. The van der Waals surface area contributed by atoms with Crippen molar-refractivity contribution in [2.75, 3.05) is 56.8 Å². The monoisotopic (exact) mass is 522 g/mol. The largest absolute Gasteiger partial charge is 0.463 e. The first-order chi connectivity index (χ1) is 17.9. The number of furan rings is 1. The van der Waals surface area contributed by atoms with Crippen molar-refractivity contribution >= 4 is 35.0 Å². The van der Waals surface area contributed by atoms with Crippen LogP contribution in [0.5, 0.6) is 0 Å². The Morgan fingerprint density at radius 3 is 2.59 bits per heavy atom. The van der Waals surface area contributed by atoms with E-state index in [-0.39, 0.29) is 12.2 Å². The molecular weight excluding hydrogens is 492 g/mol. The highest BCUT2D eigenvalue weighted by molar-refractivity contribution is 7.07. The van der Waals surface area contributed by atoms with Crippen LogP contribution >= 0.6 is 11.3 Å². The number of esters is 1. The van der Waals surface area contributed by atoms with Gasteiger partial charge in [0.25, 0.3) is 5.56 Å². The number of hydrogen-bond acceptors (Lipinski definition) is 9. The van der Waals surface area contributed by atoms with E-state index < -0.39 is 12.0 Å². The van der Waals surface area contributed by atoms with E-state index in [0.717, 1.165) is 30.2 Å². The molecule has 37 heavy (non-hydrogen) atoms. The van der Waals surface area contributed by atoms with E-state index >= 15 is 0 Å². The number of thiazole rings is 1. The third-order valence-corrected chi connectivity index (χ3v) is 7.43. The summed E-state index contributed by atoms with van der Waals surface area (Å²) in [5.41, 5.74) is 2.50. The van der Waals surface area contributed by atoms with Gasteiger partial charge in [0.1, 0.15) is 5.76 Å². The normalized spacial score (nSPS) is 18.0. The van der Waals surface area contributed by atoms with Crippen molar-refractivity contribution in [2.24, 2.45) is 4.99 Å². The average molecular weight is 523 g/mol. The molecule has 0 bridgehead atoms. The number of carbonyl (C=O) groups is 1. The molecule has 0 radical (unpaired) electrons. The Labute approximate surface area is 218 Å². The van der Waals surface area contributed by atoms with E-state index in [2.05, 4.69) is 9.89 Å². The smallest absolute Gasteiger partial charge is 0.338 e. The van der Waals surface area contributed by atoms with Crippen molar-refractivity contribution in [1.82, 2.24) is 4.57 Å². The van der Waals surface area contributed by atoms with Crippen LogP contribution in [0.15, 0.2) is 61.9 Å². The van der Waals surface area contributed by atoms with Crippen LogP contribution in [0.4, 0.5) is 11.6 Å². The highest BCUT2D eigenvalue weighted by Crippen LogP contribution is 2.31. The van der Waals surface area contributed by atoms with Crippen LogP contribution in [0.1, 0.15) is 31.2 Å². The summed E-state index contributed by atoms with van der Waals surface area (Å²) in [6, 6.07) is 10.9. The maximum atomic E-state index is 13.7. The molecule has 0 unspecified atom stereocenters. The van der Waals surface area contributed by atoms with E-state index in [4.69, 9.17) is 13.9 Å². The molecule has 2 aliphatic rings. The first-order valence-corrected chi connectivity index (χ1v) is 13.1. The molecule has 5 rings (SSSR count). The fourth-order valence-corrected chi connectivity index (χ4v) is 5.59. The number of allylic oxidation sites excluding steroid dienone is 1. The summed E-state index contributed by atoms with van der Waals surface area (Å²) in [5.74, 6) is 0.863. The number of morpholine rings is 1. The lowest BCUT2D eigenvalue weighted by Crippen LogP contribution is -2.39. The van der Waals surface area contributed by atoms with Gasteiger partial charge in [-0.25, -0.2) is 9.79 Å². The Hall–Kier alpha value is -3.63. The summed E-state index contributed by atoms with van der Waals surface area (Å²) >= 11 is 1.28. The van der Waals surface area contributed by atoms with Crippen LogP contribution in [0.3, 0.4) is 0 Å². The summed E-state index contributed by atoms with van der Waals surface area (Å²) in [6.07, 6.45) is 1.74. The lowest BCUT2D eigenvalue weighted by Gasteiger charge is -2.26. The van der Waals surface area contributed by atoms with Crippen molar-refractivity contribution in [1.29, 1.82) is 0 Å². The lowest BCUT2D eigenvalue weighted by atomic mass is 9.95. The Morgan fingerprint density at radius 1 is 1.19 bits per heavy atom. The molecule has 9 nitrogen and oxygen atoms in total. The Bertz CT molecular complexity index is 1510. The number of nitrogens with zero attached hydrogens (tertiary/aromatic N) is 4. The summed E-state index contributed by atoms with van der Waals surface area (Å²) < 4.78 is 18.9. The molecule has 1 saturated heterocycles. The molecule has 3 aromatic rings. The van der Waals surface area contributed by atoms with Gasteiger partial charge in [0, 0.05) is 45.0 Å². The summed E-state index contributed by atoms with van der Waals surface area (Å²) in [5, 5.41) is 0. The first kappa shape index (κ1) is 25.0. The minimum atomic E-state index is -0.644. The number of fused-ring (bicyclic) bond motifs is 1. The Kier molecular flexibility index (Phi) is 7.03. The third-order valence-electron chi connectivity index (χ3n) is 6.45. The predicted octanol–water partition coefficient (Wildman–Crippen LogP) is 2.29. The van der Waals surface area contributed by atoms with E-state index in [9.17, 15) is 9.59 Å². The minimum absolute atomic E-state index is 0.232. The second-order valence-electron chi connectivity index (χ2n) is 9.06. The number of benzene rings is 1. The van der Waals surface area contributed by atoms with Crippen molar-refractivity contribution in [3.8, 4) is 0 Å². The number of hydrogen-bond donors (Lipinski definition) is 0. The van der Waals surface area contributed by atoms with E-state index in [1.807, 2.05) is 55.4 Å². The Balaban J connectivity index is 1.60. The van der Waals surface area contributed by atoms with Crippen molar-refractivity contribution < 1.29 is 18.7 Å². The predicted molar refractivity (Wildman–Crippen MR) is 143 cm³/mol. The minimum Gasteiger partial charge on any atom is -0.463 e. The van der Waals surface area contributed by atoms with Crippen molar-refractivity contribution in [2.45, 2.75) is 19.9 Å². The molecule has 1 aromatic carbocycles. The fourth-order valence-electron chi connectivity index (χ4n) is 4.56. The number of anilines is 2. The Morgan fingerprint density at radius 2 is 1.92 bits per heavy atom. The topological polar surface area (TPSA) is 89.5 Å². The van der Waals surface area contributed by atoms with Crippen LogP contribution in [0.2, 0.25) is 0 Å². The molecule has 1 fully saturated rings. The van der Waals surface area contributed by atoms with Crippen LogP contribution in [0, 0.1) is 0 Å². The van der Waals surface area contributed by atoms with Gasteiger partial charge >= 0.3 is 5.97 Å². The van der Waals surface area contributed by atoms with Gasteiger partial charge in [-0.2, -0.15) is 0 Å². The maximum Gasteiger partial charge on any atom is 0.338 e. The van der Waals surface area contributed by atoms with Crippen LogP contribution in [-0.4, -0.2) is 57.5 Å². The van der Waals surface area contributed by atoms with Crippen molar-refractivity contribution in [3.05, 3.63) is 78.7 Å². The van der Waals surface area contributed by atoms with Crippen LogP contribution in [0.25, 0.3) is 6.08 Å². The van der Waals surface area contributed by atoms with E-state index in [1.165, 1.54) is 11.3 Å². The van der Waals surface area contributed by atoms with Gasteiger partial charge in [0.2, 0.25) is 0 Å². The highest BCUT2D eigenvalue weighted by atomic mass is 32.1. The molecule has 1 atom stereocenters. The van der Waals surface area contributed by atoms with Gasteiger partial charge in [-0.15, -0.1) is 0 Å². The molecule has 2 aromatic heterocycles. The zero-order valence-electron chi connectivity index (χ0n) is 21.4. The van der Waals surface area contributed by atoms with Crippen LogP contribution < -0.4 is 24.7 Å². The summed E-state index contributed by atoms with van der Waals surface area (Å²) in [4.78, 5) is 36.1. The zero-order valence-corrected chi connectivity index (χ0v) is 22.2. The third kappa shape index (κ3) is 4.86. The van der Waals surface area contributed by atoms with Gasteiger partial charge in [0.05, 0.1) is 41.7 Å². The molecule has 0 N–H and O–H groups in total. The second kappa shape index (κ2) is 10.4. The first-order valence-electron chi connectivity index (χ1n) is 12.3. The van der Waals surface area contributed by atoms with E-state index in [0.29, 0.717) is 39.6 Å². The van der Waals surface area contributed by atoms with E-state index in [1.54, 1.807) is 24.5 Å². The molecular formula is C27H30N4O5S. The molecule has 194 valence electrons. The number of carbonyl (C=O) groups excluding carboxylic acids is 1. The molecule has 0 amide bonds. The number of aromatic nitrogens is 1.